The van der Waals surface area contributed by atoms with Crippen molar-refractivity contribution in [2.75, 3.05) is 13.7 Å². The molecule has 144 valence electrons. The van der Waals surface area contributed by atoms with Crippen molar-refractivity contribution in [3.05, 3.63) is 65.5 Å². The number of hydrogen-bond acceptors (Lipinski definition) is 5. The third-order valence-electron chi connectivity index (χ3n) is 5.25. The topological polar surface area (TPSA) is 68.5 Å². The van der Waals surface area contributed by atoms with E-state index < -0.39 is 0 Å². The van der Waals surface area contributed by atoms with E-state index in [9.17, 15) is 4.79 Å². The number of nitrogens with zero attached hydrogens (tertiary/aromatic N) is 3. The van der Waals surface area contributed by atoms with Crippen LogP contribution in [0, 0.1) is 6.92 Å². The molecule has 1 aromatic heterocycles. The first-order valence-electron chi connectivity index (χ1n) is 9.47. The van der Waals surface area contributed by atoms with Gasteiger partial charge in [-0.25, -0.2) is 0 Å². The number of likely N-dealkylation sites (tertiary alicyclic amines) is 1. The SMILES string of the molecule is COc1ccc(-c2noc(C3CCCN3C(=O)Cc3ccccc3C)n2)cc1. The predicted octanol–water partition coefficient (Wildman–Crippen LogP) is 3.96. The fourth-order valence-electron chi connectivity index (χ4n) is 3.62. The molecule has 6 heteroatoms. The van der Waals surface area contributed by atoms with E-state index >= 15 is 0 Å². The normalized spacial score (nSPS) is 16.4. The first kappa shape index (κ1) is 18.2. The highest BCUT2D eigenvalue weighted by Crippen LogP contribution is 2.33. The van der Waals surface area contributed by atoms with Gasteiger partial charge in [0.05, 0.1) is 13.5 Å². The molecule has 1 saturated heterocycles. The van der Waals surface area contributed by atoms with Crippen molar-refractivity contribution in [2.24, 2.45) is 0 Å². The summed E-state index contributed by atoms with van der Waals surface area (Å²) >= 11 is 0. The molecule has 6 nitrogen and oxygen atoms in total. The first-order valence-corrected chi connectivity index (χ1v) is 9.47. The standard InChI is InChI=1S/C22H23N3O3/c1-15-6-3-4-7-17(15)14-20(26)25-13-5-8-19(25)22-23-21(24-28-22)16-9-11-18(27-2)12-10-16/h3-4,6-7,9-12,19H,5,8,13-14H2,1-2H3. The van der Waals surface area contributed by atoms with E-state index in [0.717, 1.165) is 41.8 Å². The van der Waals surface area contributed by atoms with E-state index in [1.807, 2.05) is 60.4 Å². The molecule has 0 radical (unpaired) electrons. The van der Waals surface area contributed by atoms with Gasteiger partial charge in [0.15, 0.2) is 0 Å². The molecule has 0 spiro atoms. The number of hydrogen-bond donors (Lipinski definition) is 0. The minimum atomic E-state index is -0.156. The third kappa shape index (κ3) is 3.63. The molecule has 0 N–H and O–H groups in total. The Hall–Kier alpha value is -3.15. The smallest absolute Gasteiger partial charge is 0.249 e. The Kier molecular flexibility index (Phi) is 5.10. The van der Waals surface area contributed by atoms with Crippen molar-refractivity contribution in [1.29, 1.82) is 0 Å². The van der Waals surface area contributed by atoms with Gasteiger partial charge >= 0.3 is 0 Å². The van der Waals surface area contributed by atoms with Gasteiger partial charge in [-0.1, -0.05) is 29.4 Å². The Bertz CT molecular complexity index is 965. The maximum Gasteiger partial charge on any atom is 0.249 e. The summed E-state index contributed by atoms with van der Waals surface area (Å²) < 4.78 is 10.7. The van der Waals surface area contributed by atoms with Gasteiger partial charge in [-0.05, 0) is 55.2 Å². The van der Waals surface area contributed by atoms with Crippen LogP contribution in [0.4, 0.5) is 0 Å². The van der Waals surface area contributed by atoms with E-state index in [0.29, 0.717) is 18.1 Å². The van der Waals surface area contributed by atoms with Crippen molar-refractivity contribution >= 4 is 5.91 Å². The van der Waals surface area contributed by atoms with Crippen LogP contribution in [0.25, 0.3) is 11.4 Å². The summed E-state index contributed by atoms with van der Waals surface area (Å²) in [5.74, 6) is 1.90. The van der Waals surface area contributed by atoms with E-state index in [1.165, 1.54) is 0 Å². The second kappa shape index (κ2) is 7.84. The monoisotopic (exact) mass is 377 g/mol. The maximum absolute atomic E-state index is 12.9. The molecular formula is C22H23N3O3. The van der Waals surface area contributed by atoms with Gasteiger partial charge in [0, 0.05) is 12.1 Å². The minimum Gasteiger partial charge on any atom is -0.497 e. The zero-order valence-electron chi connectivity index (χ0n) is 16.1. The molecule has 0 aliphatic carbocycles. The predicted molar refractivity (Wildman–Crippen MR) is 105 cm³/mol. The second-order valence-corrected chi connectivity index (χ2v) is 7.03. The van der Waals surface area contributed by atoms with Crippen molar-refractivity contribution in [3.63, 3.8) is 0 Å². The van der Waals surface area contributed by atoms with E-state index in [1.54, 1.807) is 7.11 Å². The first-order chi connectivity index (χ1) is 13.7. The lowest BCUT2D eigenvalue weighted by molar-refractivity contribution is -0.131. The Morgan fingerprint density at radius 3 is 2.75 bits per heavy atom. The van der Waals surface area contributed by atoms with Gasteiger partial charge < -0.3 is 14.2 Å². The molecule has 0 bridgehead atoms. The summed E-state index contributed by atoms with van der Waals surface area (Å²) in [6.45, 7) is 2.75. The number of amides is 1. The molecule has 1 aliphatic rings. The summed E-state index contributed by atoms with van der Waals surface area (Å²) in [4.78, 5) is 19.4. The third-order valence-corrected chi connectivity index (χ3v) is 5.25. The lowest BCUT2D eigenvalue weighted by Gasteiger charge is -2.22. The van der Waals surface area contributed by atoms with E-state index in [-0.39, 0.29) is 11.9 Å². The van der Waals surface area contributed by atoms with Crippen molar-refractivity contribution in [2.45, 2.75) is 32.2 Å². The van der Waals surface area contributed by atoms with Crippen molar-refractivity contribution in [3.8, 4) is 17.1 Å². The van der Waals surface area contributed by atoms with Crippen LogP contribution in [0.1, 0.15) is 35.9 Å². The molecule has 2 aromatic carbocycles. The Balaban J connectivity index is 1.51. The molecule has 4 rings (SSSR count). The molecule has 2 heterocycles. The van der Waals surface area contributed by atoms with Gasteiger partial charge in [0.25, 0.3) is 0 Å². The fraction of sp³-hybridized carbons (Fsp3) is 0.318. The maximum atomic E-state index is 12.9. The quantitative estimate of drug-likeness (QED) is 0.673. The lowest BCUT2D eigenvalue weighted by Crippen LogP contribution is -2.32. The highest BCUT2D eigenvalue weighted by atomic mass is 16.5. The molecule has 0 saturated carbocycles. The summed E-state index contributed by atoms with van der Waals surface area (Å²) in [7, 11) is 1.63. The van der Waals surface area contributed by atoms with Crippen LogP contribution in [0.15, 0.2) is 53.1 Å². The molecule has 1 aliphatic heterocycles. The van der Waals surface area contributed by atoms with Crippen LogP contribution < -0.4 is 4.74 Å². The number of rotatable bonds is 5. The summed E-state index contributed by atoms with van der Waals surface area (Å²) in [6, 6.07) is 15.3. The van der Waals surface area contributed by atoms with Crippen LogP contribution in [0.3, 0.4) is 0 Å². The Morgan fingerprint density at radius 2 is 2.00 bits per heavy atom. The molecule has 1 unspecified atom stereocenters. The zero-order chi connectivity index (χ0) is 19.5. The van der Waals surface area contributed by atoms with Gasteiger partial charge in [-0.2, -0.15) is 4.98 Å². The van der Waals surface area contributed by atoms with E-state index in [2.05, 4.69) is 10.1 Å². The zero-order valence-corrected chi connectivity index (χ0v) is 16.1. The summed E-state index contributed by atoms with van der Waals surface area (Å²) in [5.41, 5.74) is 3.04. The summed E-state index contributed by atoms with van der Waals surface area (Å²) in [5, 5.41) is 4.11. The van der Waals surface area contributed by atoms with Crippen molar-refractivity contribution in [1.82, 2.24) is 15.0 Å². The number of carbonyl (C=O) groups excluding carboxylic acids is 1. The molecule has 1 fully saturated rings. The fourth-order valence-corrected chi connectivity index (χ4v) is 3.62. The van der Waals surface area contributed by atoms with Gasteiger partial charge in [0.2, 0.25) is 17.6 Å². The van der Waals surface area contributed by atoms with Crippen LogP contribution in [0.2, 0.25) is 0 Å². The minimum absolute atomic E-state index is 0.0981. The average molecular weight is 377 g/mol. The number of methoxy groups -OCH3 is 1. The Morgan fingerprint density at radius 1 is 1.21 bits per heavy atom. The van der Waals surface area contributed by atoms with Crippen LogP contribution in [-0.4, -0.2) is 34.6 Å². The summed E-state index contributed by atoms with van der Waals surface area (Å²) in [6.07, 6.45) is 2.16. The Labute approximate surface area is 164 Å². The lowest BCUT2D eigenvalue weighted by atomic mass is 10.1. The molecular weight excluding hydrogens is 354 g/mol. The highest BCUT2D eigenvalue weighted by Gasteiger charge is 2.34. The van der Waals surface area contributed by atoms with Gasteiger partial charge in [-0.15, -0.1) is 0 Å². The van der Waals surface area contributed by atoms with E-state index in [4.69, 9.17) is 9.26 Å². The van der Waals surface area contributed by atoms with Crippen molar-refractivity contribution < 1.29 is 14.1 Å². The van der Waals surface area contributed by atoms with Gasteiger partial charge in [0.1, 0.15) is 11.8 Å². The number of aromatic nitrogens is 2. The largest absolute Gasteiger partial charge is 0.497 e. The second-order valence-electron chi connectivity index (χ2n) is 7.03. The molecule has 1 amide bonds. The number of ether oxygens (including phenoxy) is 1. The molecule has 28 heavy (non-hydrogen) atoms. The highest BCUT2D eigenvalue weighted by molar-refractivity contribution is 5.79. The van der Waals surface area contributed by atoms with Gasteiger partial charge in [-0.3, -0.25) is 4.79 Å². The molecule has 1 atom stereocenters. The number of aryl methyl sites for hydroxylation is 1. The van der Waals surface area contributed by atoms with Crippen LogP contribution >= 0.6 is 0 Å². The number of benzene rings is 2. The molecule has 3 aromatic rings. The van der Waals surface area contributed by atoms with Crippen LogP contribution in [0.5, 0.6) is 5.75 Å². The van der Waals surface area contributed by atoms with Crippen LogP contribution in [-0.2, 0) is 11.2 Å². The average Bonchev–Trinajstić information content (AvgIpc) is 3.39. The number of carbonyl (C=O) groups is 1.